The van der Waals surface area contributed by atoms with Gasteiger partial charge in [0.15, 0.2) is 10.0 Å². The van der Waals surface area contributed by atoms with Crippen molar-refractivity contribution in [2.75, 3.05) is 6.26 Å². The van der Waals surface area contributed by atoms with Crippen molar-refractivity contribution >= 4 is 51.9 Å². The number of carbonyl (C=O) groups excluding carboxylic acids is 2. The average Bonchev–Trinajstić information content (AvgIpc) is 2.77. The Hall–Kier alpha value is -1.24. The molecule has 112 valence electrons. The zero-order chi connectivity index (χ0) is 15.6. The second-order valence-corrected chi connectivity index (χ2v) is 6.35. The Labute approximate surface area is 136 Å². The molecule has 5 nitrogen and oxygen atoms in total. The van der Waals surface area contributed by atoms with Gasteiger partial charge in [0.05, 0.1) is 0 Å². The molecule has 8 heteroatoms. The van der Waals surface area contributed by atoms with E-state index in [2.05, 4.69) is 15.6 Å². The van der Waals surface area contributed by atoms with Crippen LogP contribution in [0, 0.1) is 6.92 Å². The Bertz CT molecular complexity index is 604. The van der Waals surface area contributed by atoms with Crippen LogP contribution in [0.5, 0.6) is 0 Å². The van der Waals surface area contributed by atoms with Crippen molar-refractivity contribution in [2.45, 2.75) is 17.4 Å². The lowest BCUT2D eigenvalue weighted by Gasteiger charge is -2.25. The van der Waals surface area contributed by atoms with E-state index in [0.29, 0.717) is 10.7 Å². The number of nitrogens with one attached hydrogen (secondary N) is 2. The number of nitrogens with zero attached hydrogens (tertiary/aromatic N) is 1. The molecule has 1 aromatic rings. The van der Waals surface area contributed by atoms with Crippen LogP contribution in [-0.2, 0) is 4.79 Å². The predicted molar refractivity (Wildman–Crippen MR) is 86.0 cm³/mol. The third-order valence-electron chi connectivity index (χ3n) is 2.97. The SMILES string of the molecule is CSC1=N[C@@](NC(=O)c2ccc(C)cc2)(C(Cl)Cl)C(=O)N1. The van der Waals surface area contributed by atoms with E-state index in [0.717, 1.165) is 5.56 Å². The van der Waals surface area contributed by atoms with E-state index >= 15 is 0 Å². The third-order valence-corrected chi connectivity index (χ3v) is 4.18. The topological polar surface area (TPSA) is 70.6 Å². The molecule has 1 aliphatic rings. The van der Waals surface area contributed by atoms with E-state index in [1.165, 1.54) is 11.8 Å². The Kier molecular flexibility index (Phi) is 4.81. The van der Waals surface area contributed by atoms with Crippen molar-refractivity contribution in [2.24, 2.45) is 4.99 Å². The first-order chi connectivity index (χ1) is 9.89. The van der Waals surface area contributed by atoms with Crippen molar-refractivity contribution in [3.05, 3.63) is 35.4 Å². The van der Waals surface area contributed by atoms with Gasteiger partial charge in [-0.25, -0.2) is 4.99 Å². The molecule has 1 aliphatic heterocycles. The Balaban J connectivity index is 2.29. The molecule has 1 atom stereocenters. The van der Waals surface area contributed by atoms with Crippen LogP contribution >= 0.6 is 35.0 Å². The molecule has 2 N–H and O–H groups in total. The van der Waals surface area contributed by atoms with E-state index in [4.69, 9.17) is 23.2 Å². The summed E-state index contributed by atoms with van der Waals surface area (Å²) in [7, 11) is 0. The fourth-order valence-electron chi connectivity index (χ4n) is 1.77. The van der Waals surface area contributed by atoms with Crippen LogP contribution in [0.4, 0.5) is 0 Å². The van der Waals surface area contributed by atoms with Crippen molar-refractivity contribution in [3.63, 3.8) is 0 Å². The van der Waals surface area contributed by atoms with Gasteiger partial charge in [0.25, 0.3) is 11.8 Å². The van der Waals surface area contributed by atoms with Crippen LogP contribution in [0.25, 0.3) is 0 Å². The summed E-state index contributed by atoms with van der Waals surface area (Å²) in [6.45, 7) is 1.91. The lowest BCUT2D eigenvalue weighted by molar-refractivity contribution is -0.124. The number of amides is 2. The molecule has 0 fully saturated rings. The second-order valence-electron chi connectivity index (χ2n) is 4.46. The monoisotopic (exact) mass is 345 g/mol. The maximum atomic E-state index is 12.3. The van der Waals surface area contributed by atoms with Crippen molar-refractivity contribution < 1.29 is 9.59 Å². The van der Waals surface area contributed by atoms with Crippen LogP contribution in [0.3, 0.4) is 0 Å². The standard InChI is InChI=1S/C13H13Cl2N3O2S/c1-7-3-5-8(6-4-7)9(19)17-13(10(14)15)11(20)16-12(18-13)21-2/h3-6,10H,1-2H3,(H,17,19)(H,16,18,20)/t13-/m0/s1. The molecule has 0 aromatic heterocycles. The van der Waals surface area contributed by atoms with Gasteiger partial charge in [0.1, 0.15) is 0 Å². The highest BCUT2D eigenvalue weighted by Gasteiger charge is 2.50. The van der Waals surface area contributed by atoms with Gasteiger partial charge in [0.2, 0.25) is 5.66 Å². The number of alkyl halides is 2. The minimum absolute atomic E-state index is 0.357. The molecule has 0 unspecified atom stereocenters. The van der Waals surface area contributed by atoms with E-state index in [1.807, 2.05) is 6.92 Å². The smallest absolute Gasteiger partial charge is 0.277 e. The van der Waals surface area contributed by atoms with Crippen LogP contribution < -0.4 is 10.6 Å². The summed E-state index contributed by atoms with van der Waals surface area (Å²) in [6.07, 6.45) is 1.74. The van der Waals surface area contributed by atoms with Gasteiger partial charge in [0, 0.05) is 5.56 Å². The number of aliphatic imine (C=N–C) groups is 1. The number of halogens is 2. The molecule has 1 heterocycles. The number of rotatable bonds is 3. The zero-order valence-corrected chi connectivity index (χ0v) is 13.6. The molecular formula is C13H13Cl2N3O2S. The molecule has 0 saturated carbocycles. The number of benzene rings is 1. The quantitative estimate of drug-likeness (QED) is 0.824. The first-order valence-corrected chi connectivity index (χ1v) is 8.11. The fourth-order valence-corrected chi connectivity index (χ4v) is 2.60. The van der Waals surface area contributed by atoms with Crippen molar-refractivity contribution in [3.8, 4) is 0 Å². The fraction of sp³-hybridized carbons (Fsp3) is 0.308. The number of amidine groups is 1. The zero-order valence-electron chi connectivity index (χ0n) is 11.3. The van der Waals surface area contributed by atoms with Gasteiger partial charge in [-0.05, 0) is 25.3 Å². The Morgan fingerprint density at radius 3 is 2.48 bits per heavy atom. The van der Waals surface area contributed by atoms with E-state index in [-0.39, 0.29) is 0 Å². The summed E-state index contributed by atoms with van der Waals surface area (Å²) < 4.78 is 0. The maximum absolute atomic E-state index is 12.3. The lowest BCUT2D eigenvalue weighted by atomic mass is 10.1. The number of thioether (sulfide) groups is 1. The summed E-state index contributed by atoms with van der Waals surface area (Å²) in [5, 5.41) is 5.42. The average molecular weight is 346 g/mol. The van der Waals surface area contributed by atoms with Gasteiger partial charge >= 0.3 is 0 Å². The summed E-state index contributed by atoms with van der Waals surface area (Å²) in [5.41, 5.74) is -0.284. The van der Waals surface area contributed by atoms with Crippen LogP contribution in [0.1, 0.15) is 15.9 Å². The van der Waals surface area contributed by atoms with Crippen molar-refractivity contribution in [1.29, 1.82) is 0 Å². The molecule has 1 aromatic carbocycles. The Morgan fingerprint density at radius 2 is 2.00 bits per heavy atom. The highest BCUT2D eigenvalue weighted by molar-refractivity contribution is 8.13. The third kappa shape index (κ3) is 3.17. The number of hydrogen-bond donors (Lipinski definition) is 2. The molecule has 21 heavy (non-hydrogen) atoms. The number of carbonyl (C=O) groups is 2. The van der Waals surface area contributed by atoms with E-state index in [9.17, 15) is 9.59 Å². The minimum Gasteiger partial charge on any atom is -0.318 e. The highest BCUT2D eigenvalue weighted by Crippen LogP contribution is 2.28. The van der Waals surface area contributed by atoms with Crippen LogP contribution in [0.15, 0.2) is 29.3 Å². The first-order valence-electron chi connectivity index (χ1n) is 6.01. The van der Waals surface area contributed by atoms with Crippen LogP contribution in [0.2, 0.25) is 0 Å². The largest absolute Gasteiger partial charge is 0.318 e. The molecule has 0 aliphatic carbocycles. The molecule has 0 spiro atoms. The molecule has 0 saturated heterocycles. The molecule has 0 bridgehead atoms. The summed E-state index contributed by atoms with van der Waals surface area (Å²) in [4.78, 5) is 27.3. The molecule has 2 rings (SSSR count). The van der Waals surface area contributed by atoms with E-state index in [1.54, 1.807) is 30.5 Å². The van der Waals surface area contributed by atoms with Gasteiger partial charge < -0.3 is 10.6 Å². The van der Waals surface area contributed by atoms with Gasteiger partial charge in [-0.15, -0.1) is 0 Å². The summed E-state index contributed by atoms with van der Waals surface area (Å²) in [6, 6.07) is 6.90. The van der Waals surface area contributed by atoms with E-state index < -0.39 is 22.3 Å². The Morgan fingerprint density at radius 1 is 1.38 bits per heavy atom. The summed E-state index contributed by atoms with van der Waals surface area (Å²) in [5.74, 6) is -1.02. The molecular weight excluding hydrogens is 333 g/mol. The normalized spacial score (nSPS) is 21.2. The van der Waals surface area contributed by atoms with Gasteiger partial charge in [-0.3, -0.25) is 9.59 Å². The van der Waals surface area contributed by atoms with Crippen molar-refractivity contribution in [1.82, 2.24) is 10.6 Å². The van der Waals surface area contributed by atoms with Gasteiger partial charge in [-0.2, -0.15) is 0 Å². The number of aryl methyl sites for hydroxylation is 1. The number of hydrogen-bond acceptors (Lipinski definition) is 4. The summed E-state index contributed by atoms with van der Waals surface area (Å²) >= 11 is 13.0. The first kappa shape index (κ1) is 16.1. The van der Waals surface area contributed by atoms with Gasteiger partial charge in [-0.1, -0.05) is 52.7 Å². The van der Waals surface area contributed by atoms with Crippen LogP contribution in [-0.4, -0.2) is 33.7 Å². The lowest BCUT2D eigenvalue weighted by Crippen LogP contribution is -2.58. The minimum atomic E-state index is -1.70. The second kappa shape index (κ2) is 6.25. The molecule has 0 radical (unpaired) electrons. The predicted octanol–water partition coefficient (Wildman–Crippen LogP) is 2.07. The molecule has 2 amide bonds. The maximum Gasteiger partial charge on any atom is 0.277 e. The highest BCUT2D eigenvalue weighted by atomic mass is 35.5.